The first kappa shape index (κ1) is 12.6. The second kappa shape index (κ2) is 6.15. The number of hydrogen-bond donors (Lipinski definition) is 1. The summed E-state index contributed by atoms with van der Waals surface area (Å²) in [6.45, 7) is 3.33. The van der Waals surface area contributed by atoms with E-state index in [9.17, 15) is 0 Å². The van der Waals surface area contributed by atoms with Gasteiger partial charge in [-0.25, -0.2) is 4.98 Å². The average Bonchev–Trinajstić information content (AvgIpc) is 2.96. The van der Waals surface area contributed by atoms with Crippen LogP contribution in [0.5, 0.6) is 0 Å². The Balaban J connectivity index is 1.97. The highest BCUT2D eigenvalue weighted by Gasteiger charge is 2.25. The van der Waals surface area contributed by atoms with E-state index < -0.39 is 0 Å². The third-order valence-electron chi connectivity index (χ3n) is 3.83. The Labute approximate surface area is 104 Å². The second-order valence-electron chi connectivity index (χ2n) is 5.11. The van der Waals surface area contributed by atoms with Crippen molar-refractivity contribution in [2.24, 2.45) is 13.0 Å². The minimum absolute atomic E-state index is 0.584. The number of aryl methyl sites for hydroxylation is 1. The van der Waals surface area contributed by atoms with Crippen LogP contribution in [0.1, 0.15) is 44.9 Å². The number of aromatic nitrogens is 3. The molecule has 4 heteroatoms. The molecule has 1 fully saturated rings. The van der Waals surface area contributed by atoms with Crippen LogP contribution in [0.4, 0.5) is 0 Å². The third-order valence-corrected chi connectivity index (χ3v) is 3.83. The van der Waals surface area contributed by atoms with Crippen molar-refractivity contribution in [3.05, 3.63) is 12.2 Å². The van der Waals surface area contributed by atoms with E-state index in [1.807, 2.05) is 11.7 Å². The van der Waals surface area contributed by atoms with E-state index in [0.29, 0.717) is 6.04 Å². The number of nitrogens with one attached hydrogen (secondary N) is 1. The smallest absolute Gasteiger partial charge is 0.138 e. The monoisotopic (exact) mass is 236 g/mol. The molecule has 1 aromatic rings. The van der Waals surface area contributed by atoms with Crippen LogP contribution in [0, 0.1) is 5.92 Å². The highest BCUT2D eigenvalue weighted by Crippen LogP contribution is 2.28. The van der Waals surface area contributed by atoms with E-state index in [2.05, 4.69) is 22.3 Å². The molecule has 1 N–H and O–H groups in total. The Bertz CT molecular complexity index is 328. The molecule has 0 spiro atoms. The van der Waals surface area contributed by atoms with Gasteiger partial charge in [-0.3, -0.25) is 4.68 Å². The molecule has 0 bridgehead atoms. The Morgan fingerprint density at radius 1 is 1.47 bits per heavy atom. The number of rotatable bonds is 6. The zero-order chi connectivity index (χ0) is 12.1. The van der Waals surface area contributed by atoms with Crippen molar-refractivity contribution in [1.29, 1.82) is 0 Å². The molecule has 0 saturated heterocycles. The maximum atomic E-state index is 4.35. The standard InChI is InChI=1S/C13H24N4/c1-3-8-14-12(11-6-4-5-7-11)9-13-15-10-16-17(13)2/h10-12,14H,3-9H2,1-2H3. The van der Waals surface area contributed by atoms with E-state index in [1.54, 1.807) is 6.33 Å². The van der Waals surface area contributed by atoms with Crippen molar-refractivity contribution >= 4 is 0 Å². The molecule has 1 atom stereocenters. The lowest BCUT2D eigenvalue weighted by atomic mass is 9.95. The van der Waals surface area contributed by atoms with Crippen LogP contribution in [0.3, 0.4) is 0 Å². The highest BCUT2D eigenvalue weighted by molar-refractivity contribution is 4.92. The van der Waals surface area contributed by atoms with Gasteiger partial charge in [-0.1, -0.05) is 19.8 Å². The minimum atomic E-state index is 0.584. The lowest BCUT2D eigenvalue weighted by Gasteiger charge is -2.24. The fourth-order valence-electron chi connectivity index (χ4n) is 2.80. The molecule has 4 nitrogen and oxygen atoms in total. The van der Waals surface area contributed by atoms with Crippen LogP contribution in [-0.4, -0.2) is 27.4 Å². The highest BCUT2D eigenvalue weighted by atomic mass is 15.3. The van der Waals surface area contributed by atoms with Gasteiger partial charge in [0, 0.05) is 19.5 Å². The summed E-state index contributed by atoms with van der Waals surface area (Å²) < 4.78 is 1.90. The van der Waals surface area contributed by atoms with Gasteiger partial charge in [0.15, 0.2) is 0 Å². The first-order valence-electron chi connectivity index (χ1n) is 6.87. The van der Waals surface area contributed by atoms with E-state index >= 15 is 0 Å². The molecule has 0 radical (unpaired) electrons. The SMILES string of the molecule is CCCNC(Cc1ncnn1C)C1CCCC1. The van der Waals surface area contributed by atoms with Crippen molar-refractivity contribution in [2.45, 2.75) is 51.5 Å². The molecule has 2 rings (SSSR count). The van der Waals surface area contributed by atoms with Crippen LogP contribution < -0.4 is 5.32 Å². The Hall–Kier alpha value is -0.900. The van der Waals surface area contributed by atoms with E-state index in [0.717, 1.165) is 24.7 Å². The van der Waals surface area contributed by atoms with Gasteiger partial charge in [0.25, 0.3) is 0 Å². The zero-order valence-electron chi connectivity index (χ0n) is 11.0. The van der Waals surface area contributed by atoms with Crippen LogP contribution in [0.25, 0.3) is 0 Å². The van der Waals surface area contributed by atoms with Gasteiger partial charge in [-0.05, 0) is 31.7 Å². The van der Waals surface area contributed by atoms with E-state index in [-0.39, 0.29) is 0 Å². The summed E-state index contributed by atoms with van der Waals surface area (Å²) in [6.07, 6.45) is 9.41. The largest absolute Gasteiger partial charge is 0.313 e. The topological polar surface area (TPSA) is 42.7 Å². The molecule has 1 aliphatic carbocycles. The number of nitrogens with zero attached hydrogens (tertiary/aromatic N) is 3. The molecule has 17 heavy (non-hydrogen) atoms. The lowest BCUT2D eigenvalue weighted by Crippen LogP contribution is -2.38. The summed E-state index contributed by atoms with van der Waals surface area (Å²) in [5.41, 5.74) is 0. The molecule has 1 aromatic heterocycles. The predicted molar refractivity (Wildman–Crippen MR) is 68.7 cm³/mol. The van der Waals surface area contributed by atoms with Crippen LogP contribution >= 0.6 is 0 Å². The fourth-order valence-corrected chi connectivity index (χ4v) is 2.80. The first-order chi connectivity index (χ1) is 8.31. The molecule has 0 amide bonds. The number of hydrogen-bond acceptors (Lipinski definition) is 3. The molecule has 0 aromatic carbocycles. The molecule has 1 saturated carbocycles. The van der Waals surface area contributed by atoms with Gasteiger partial charge in [-0.15, -0.1) is 0 Å². The van der Waals surface area contributed by atoms with E-state index in [1.165, 1.54) is 32.1 Å². The molecule has 1 heterocycles. The van der Waals surface area contributed by atoms with Gasteiger partial charge >= 0.3 is 0 Å². The van der Waals surface area contributed by atoms with Crippen molar-refractivity contribution < 1.29 is 0 Å². The summed E-state index contributed by atoms with van der Waals surface area (Å²) >= 11 is 0. The van der Waals surface area contributed by atoms with Gasteiger partial charge < -0.3 is 5.32 Å². The fraction of sp³-hybridized carbons (Fsp3) is 0.846. The van der Waals surface area contributed by atoms with Crippen LogP contribution in [0.15, 0.2) is 6.33 Å². The van der Waals surface area contributed by atoms with Crippen LogP contribution in [0.2, 0.25) is 0 Å². The van der Waals surface area contributed by atoms with Crippen molar-refractivity contribution in [2.75, 3.05) is 6.54 Å². The zero-order valence-corrected chi connectivity index (χ0v) is 11.0. The predicted octanol–water partition coefficient (Wildman–Crippen LogP) is 1.92. The van der Waals surface area contributed by atoms with Gasteiger partial charge in [0.2, 0.25) is 0 Å². The minimum Gasteiger partial charge on any atom is -0.313 e. The molecular weight excluding hydrogens is 212 g/mol. The van der Waals surface area contributed by atoms with Gasteiger partial charge in [0.1, 0.15) is 12.2 Å². The molecular formula is C13H24N4. The average molecular weight is 236 g/mol. The summed E-state index contributed by atoms with van der Waals surface area (Å²) in [5.74, 6) is 1.93. The summed E-state index contributed by atoms with van der Waals surface area (Å²) in [6, 6.07) is 0.584. The van der Waals surface area contributed by atoms with Crippen molar-refractivity contribution in [3.8, 4) is 0 Å². The summed E-state index contributed by atoms with van der Waals surface area (Å²) in [5, 5.41) is 7.85. The molecule has 1 aliphatic rings. The Morgan fingerprint density at radius 3 is 2.82 bits per heavy atom. The van der Waals surface area contributed by atoms with Gasteiger partial charge in [-0.2, -0.15) is 5.10 Å². The second-order valence-corrected chi connectivity index (χ2v) is 5.11. The molecule has 1 unspecified atom stereocenters. The van der Waals surface area contributed by atoms with Crippen molar-refractivity contribution in [3.63, 3.8) is 0 Å². The summed E-state index contributed by atoms with van der Waals surface area (Å²) in [7, 11) is 1.98. The lowest BCUT2D eigenvalue weighted by molar-refractivity contribution is 0.348. The Morgan fingerprint density at radius 2 is 2.24 bits per heavy atom. The maximum absolute atomic E-state index is 4.35. The molecule has 0 aliphatic heterocycles. The third kappa shape index (κ3) is 3.28. The van der Waals surface area contributed by atoms with E-state index in [4.69, 9.17) is 0 Å². The normalized spacial score (nSPS) is 18.7. The summed E-state index contributed by atoms with van der Waals surface area (Å²) in [4.78, 5) is 4.35. The maximum Gasteiger partial charge on any atom is 0.138 e. The quantitative estimate of drug-likeness (QED) is 0.820. The first-order valence-corrected chi connectivity index (χ1v) is 6.87. The molecule has 96 valence electrons. The van der Waals surface area contributed by atoms with Gasteiger partial charge in [0.05, 0.1) is 0 Å². The Kier molecular flexibility index (Phi) is 4.54. The van der Waals surface area contributed by atoms with Crippen LogP contribution in [-0.2, 0) is 13.5 Å². The van der Waals surface area contributed by atoms with Crippen molar-refractivity contribution in [1.82, 2.24) is 20.1 Å².